The van der Waals surface area contributed by atoms with Crippen molar-refractivity contribution in [2.45, 2.75) is 55.5 Å². The van der Waals surface area contributed by atoms with Gasteiger partial charge in [0.05, 0.1) is 6.04 Å². The molecule has 0 radical (unpaired) electrons. The van der Waals surface area contributed by atoms with Crippen molar-refractivity contribution < 1.29 is 0 Å². The molecule has 0 amide bonds. The molecule has 0 unspecified atom stereocenters. The van der Waals surface area contributed by atoms with Gasteiger partial charge in [0.15, 0.2) is 5.11 Å². The SMILES string of the molecule is S=C(NC1CCCCC1)N[C@@H]1CCSc2ccccc21. The molecule has 2 N–H and O–H groups in total. The average Bonchev–Trinajstić information content (AvgIpc) is 2.48. The summed E-state index contributed by atoms with van der Waals surface area (Å²) in [7, 11) is 0. The largest absolute Gasteiger partial charge is 0.360 e. The molecule has 1 aromatic carbocycles. The molecule has 1 atom stereocenters. The van der Waals surface area contributed by atoms with E-state index < -0.39 is 0 Å². The summed E-state index contributed by atoms with van der Waals surface area (Å²) < 4.78 is 0. The van der Waals surface area contributed by atoms with E-state index in [9.17, 15) is 0 Å². The van der Waals surface area contributed by atoms with Gasteiger partial charge in [0, 0.05) is 16.7 Å². The topological polar surface area (TPSA) is 24.1 Å². The summed E-state index contributed by atoms with van der Waals surface area (Å²) in [5.74, 6) is 1.17. The number of thiocarbonyl (C=S) groups is 1. The predicted octanol–water partition coefficient (Wildman–Crippen LogP) is 4.02. The lowest BCUT2D eigenvalue weighted by Gasteiger charge is -2.29. The Labute approximate surface area is 131 Å². The molecule has 0 bridgehead atoms. The summed E-state index contributed by atoms with van der Waals surface area (Å²) in [5.41, 5.74) is 1.40. The van der Waals surface area contributed by atoms with Gasteiger partial charge >= 0.3 is 0 Å². The molecule has 1 aliphatic carbocycles. The van der Waals surface area contributed by atoms with Gasteiger partial charge in [-0.1, -0.05) is 37.5 Å². The second kappa shape index (κ2) is 6.81. The maximum absolute atomic E-state index is 5.52. The van der Waals surface area contributed by atoms with Crippen LogP contribution in [0.1, 0.15) is 50.1 Å². The molecule has 1 saturated carbocycles. The third-order valence-electron chi connectivity index (χ3n) is 4.20. The normalized spacial score (nSPS) is 22.9. The summed E-state index contributed by atoms with van der Waals surface area (Å²) in [6, 6.07) is 9.63. The number of rotatable bonds is 2. The Morgan fingerprint density at radius 3 is 2.70 bits per heavy atom. The van der Waals surface area contributed by atoms with Crippen LogP contribution in [0.25, 0.3) is 0 Å². The number of thioether (sulfide) groups is 1. The highest BCUT2D eigenvalue weighted by atomic mass is 32.2. The first-order valence-corrected chi connectivity index (χ1v) is 9.01. The number of benzene rings is 1. The highest BCUT2D eigenvalue weighted by Crippen LogP contribution is 2.35. The van der Waals surface area contributed by atoms with Gasteiger partial charge in [0.25, 0.3) is 0 Å². The quantitative estimate of drug-likeness (QED) is 0.806. The van der Waals surface area contributed by atoms with E-state index in [0.717, 1.165) is 11.5 Å². The number of fused-ring (bicyclic) bond motifs is 1. The fourth-order valence-electron chi connectivity index (χ4n) is 3.12. The van der Waals surface area contributed by atoms with Crippen molar-refractivity contribution in [3.63, 3.8) is 0 Å². The lowest BCUT2D eigenvalue weighted by atomic mass is 9.96. The van der Waals surface area contributed by atoms with Crippen molar-refractivity contribution in [1.29, 1.82) is 0 Å². The third kappa shape index (κ3) is 3.47. The zero-order chi connectivity index (χ0) is 13.8. The van der Waals surface area contributed by atoms with Crippen LogP contribution in [0.15, 0.2) is 29.2 Å². The van der Waals surface area contributed by atoms with Crippen molar-refractivity contribution >= 4 is 29.1 Å². The van der Waals surface area contributed by atoms with Gasteiger partial charge in [0.2, 0.25) is 0 Å². The Morgan fingerprint density at radius 1 is 1.05 bits per heavy atom. The Hall–Kier alpha value is -0.740. The Balaban J connectivity index is 1.59. The van der Waals surface area contributed by atoms with E-state index in [0.29, 0.717) is 12.1 Å². The van der Waals surface area contributed by atoms with Gasteiger partial charge in [-0.25, -0.2) is 0 Å². The lowest BCUT2D eigenvalue weighted by molar-refractivity contribution is 0.410. The van der Waals surface area contributed by atoms with Crippen LogP contribution in [-0.4, -0.2) is 16.9 Å². The van der Waals surface area contributed by atoms with E-state index in [1.807, 2.05) is 11.8 Å². The van der Waals surface area contributed by atoms with Crippen LogP contribution in [-0.2, 0) is 0 Å². The van der Waals surface area contributed by atoms with Crippen LogP contribution in [0.2, 0.25) is 0 Å². The number of hydrogen-bond donors (Lipinski definition) is 2. The smallest absolute Gasteiger partial charge is 0.166 e. The van der Waals surface area contributed by atoms with E-state index in [4.69, 9.17) is 12.2 Å². The second-order valence-electron chi connectivity index (χ2n) is 5.68. The van der Waals surface area contributed by atoms with E-state index in [1.54, 1.807) is 0 Å². The van der Waals surface area contributed by atoms with Crippen molar-refractivity contribution in [2.75, 3.05) is 5.75 Å². The molecular weight excluding hydrogens is 284 g/mol. The summed E-state index contributed by atoms with van der Waals surface area (Å²) in [6.45, 7) is 0. The molecule has 4 heteroatoms. The van der Waals surface area contributed by atoms with Crippen LogP contribution in [0.4, 0.5) is 0 Å². The van der Waals surface area contributed by atoms with Gasteiger partial charge in [0.1, 0.15) is 0 Å². The van der Waals surface area contributed by atoms with Gasteiger partial charge < -0.3 is 10.6 Å². The molecule has 1 aliphatic heterocycles. The monoisotopic (exact) mass is 306 g/mol. The van der Waals surface area contributed by atoms with Crippen molar-refractivity contribution in [1.82, 2.24) is 10.6 Å². The molecular formula is C16H22N2S2. The fraction of sp³-hybridized carbons (Fsp3) is 0.562. The standard InChI is InChI=1S/C16H22N2S2/c19-16(17-12-6-2-1-3-7-12)18-14-10-11-20-15-9-5-4-8-13(14)15/h4-5,8-9,12,14H,1-3,6-7,10-11H2,(H2,17,18,19)/t14-/m1/s1. The zero-order valence-electron chi connectivity index (χ0n) is 11.7. The molecule has 20 heavy (non-hydrogen) atoms. The Kier molecular flexibility index (Phi) is 4.84. The van der Waals surface area contributed by atoms with Gasteiger partial charge in [-0.2, -0.15) is 0 Å². The van der Waals surface area contributed by atoms with Crippen molar-refractivity contribution in [3.05, 3.63) is 29.8 Å². The highest BCUT2D eigenvalue weighted by Gasteiger charge is 2.22. The minimum absolute atomic E-state index is 0.371. The molecule has 0 spiro atoms. The second-order valence-corrected chi connectivity index (χ2v) is 7.23. The Morgan fingerprint density at radius 2 is 1.85 bits per heavy atom. The third-order valence-corrected chi connectivity index (χ3v) is 5.56. The van der Waals surface area contributed by atoms with E-state index in [2.05, 4.69) is 34.9 Å². The average molecular weight is 306 g/mol. The molecule has 1 fully saturated rings. The van der Waals surface area contributed by atoms with Gasteiger partial charge in [-0.3, -0.25) is 0 Å². The minimum atomic E-state index is 0.371. The minimum Gasteiger partial charge on any atom is -0.360 e. The summed E-state index contributed by atoms with van der Waals surface area (Å²) in [6.07, 6.45) is 7.73. The van der Waals surface area contributed by atoms with Crippen LogP contribution < -0.4 is 10.6 Å². The number of hydrogen-bond acceptors (Lipinski definition) is 2. The van der Waals surface area contributed by atoms with Gasteiger partial charge in [-0.05, 0) is 43.1 Å². The lowest BCUT2D eigenvalue weighted by Crippen LogP contribution is -2.44. The van der Waals surface area contributed by atoms with Crippen LogP contribution in [0.3, 0.4) is 0 Å². The first-order valence-electron chi connectivity index (χ1n) is 7.62. The molecule has 1 aromatic rings. The van der Waals surface area contributed by atoms with Crippen LogP contribution in [0.5, 0.6) is 0 Å². The van der Waals surface area contributed by atoms with Crippen LogP contribution >= 0.6 is 24.0 Å². The van der Waals surface area contributed by atoms with E-state index in [1.165, 1.54) is 48.3 Å². The summed E-state index contributed by atoms with van der Waals surface area (Å²) in [4.78, 5) is 1.40. The van der Waals surface area contributed by atoms with Crippen molar-refractivity contribution in [3.8, 4) is 0 Å². The predicted molar refractivity (Wildman–Crippen MR) is 90.3 cm³/mol. The zero-order valence-corrected chi connectivity index (χ0v) is 13.4. The first-order chi connectivity index (χ1) is 9.83. The van der Waals surface area contributed by atoms with E-state index >= 15 is 0 Å². The Bertz CT molecular complexity index is 469. The molecule has 2 aliphatic rings. The molecule has 3 rings (SSSR count). The number of nitrogens with one attached hydrogen (secondary N) is 2. The molecule has 108 valence electrons. The first kappa shape index (κ1) is 14.2. The highest BCUT2D eigenvalue weighted by molar-refractivity contribution is 7.99. The fourth-order valence-corrected chi connectivity index (χ4v) is 4.56. The molecule has 0 saturated heterocycles. The maximum atomic E-state index is 5.52. The molecule has 1 heterocycles. The van der Waals surface area contributed by atoms with Gasteiger partial charge in [-0.15, -0.1) is 11.8 Å². The van der Waals surface area contributed by atoms with Crippen molar-refractivity contribution in [2.24, 2.45) is 0 Å². The van der Waals surface area contributed by atoms with Crippen LogP contribution in [0, 0.1) is 0 Å². The molecule has 0 aromatic heterocycles. The summed E-state index contributed by atoms with van der Waals surface area (Å²) in [5, 5.41) is 7.88. The van der Waals surface area contributed by atoms with E-state index in [-0.39, 0.29) is 0 Å². The summed E-state index contributed by atoms with van der Waals surface area (Å²) >= 11 is 7.47. The molecule has 2 nitrogen and oxygen atoms in total. The maximum Gasteiger partial charge on any atom is 0.166 e.